The third kappa shape index (κ3) is 1.24. The van der Waals surface area contributed by atoms with Crippen LogP contribution in [-0.2, 0) is 0 Å². The van der Waals surface area contributed by atoms with Gasteiger partial charge in [0.2, 0.25) is 0 Å². The van der Waals surface area contributed by atoms with Crippen LogP contribution in [0.1, 0.15) is 0 Å². The summed E-state index contributed by atoms with van der Waals surface area (Å²) < 4.78 is 4.64. The zero-order valence-electron chi connectivity index (χ0n) is 5.74. The van der Waals surface area contributed by atoms with Crippen LogP contribution in [0, 0.1) is 0 Å². The minimum atomic E-state index is 0.701. The summed E-state index contributed by atoms with van der Waals surface area (Å²) in [5, 5.41) is 6.69. The highest BCUT2D eigenvalue weighted by Gasteiger charge is 1.95. The Labute approximate surface area is 63.2 Å². The first-order valence-corrected chi connectivity index (χ1v) is 3.26. The molecular weight excluding hydrogens is 142 g/mol. The van der Waals surface area contributed by atoms with Crippen LogP contribution < -0.4 is 5.32 Å². The van der Waals surface area contributed by atoms with Crippen molar-refractivity contribution in [1.29, 1.82) is 0 Å². The average molecular weight is 149 g/mol. The maximum absolute atomic E-state index is 4.64. The molecule has 2 aromatic rings. The molecule has 0 aliphatic rings. The Morgan fingerprint density at radius 2 is 2.45 bits per heavy atom. The Morgan fingerprint density at radius 3 is 3.09 bits per heavy atom. The van der Waals surface area contributed by atoms with E-state index in [2.05, 4.69) is 20.0 Å². The quantitative estimate of drug-likeness (QED) is 0.683. The van der Waals surface area contributed by atoms with E-state index in [1.807, 2.05) is 18.3 Å². The van der Waals surface area contributed by atoms with E-state index < -0.39 is 0 Å². The van der Waals surface area contributed by atoms with Crippen molar-refractivity contribution in [1.82, 2.24) is 10.1 Å². The van der Waals surface area contributed by atoms with Crippen molar-refractivity contribution in [3.8, 4) is 0 Å². The molecule has 56 valence electrons. The normalized spacial score (nSPS) is 9.82. The van der Waals surface area contributed by atoms with Crippen molar-refractivity contribution in [2.45, 2.75) is 0 Å². The van der Waals surface area contributed by atoms with Crippen LogP contribution >= 0.6 is 0 Å². The van der Waals surface area contributed by atoms with Gasteiger partial charge in [-0.25, -0.2) is 0 Å². The fourth-order valence-electron chi connectivity index (χ4n) is 0.823. The van der Waals surface area contributed by atoms with E-state index in [1.54, 1.807) is 6.07 Å². The molecule has 4 heteroatoms. The van der Waals surface area contributed by atoms with Gasteiger partial charge in [0.15, 0.2) is 5.82 Å². The van der Waals surface area contributed by atoms with Crippen molar-refractivity contribution in [3.63, 3.8) is 0 Å². The van der Waals surface area contributed by atoms with Crippen molar-refractivity contribution >= 4 is 11.6 Å². The topological polar surface area (TPSA) is 53.9 Å². The highest BCUT2D eigenvalue weighted by atomic mass is 16.5. The van der Waals surface area contributed by atoms with E-state index in [-0.39, 0.29) is 0 Å². The lowest BCUT2D eigenvalue weighted by Gasteiger charge is -1.94. The van der Waals surface area contributed by atoms with Crippen LogP contribution in [0.15, 0.2) is 35.2 Å². The van der Waals surface area contributed by atoms with E-state index in [4.69, 9.17) is 0 Å². The highest BCUT2D eigenvalue weighted by molar-refractivity contribution is 5.49. The van der Waals surface area contributed by atoms with Gasteiger partial charge < -0.3 is 14.8 Å². The second-order valence-corrected chi connectivity index (χ2v) is 2.09. The number of hydrogen-bond acceptors (Lipinski definition) is 3. The number of nitrogens with zero attached hydrogens (tertiary/aromatic N) is 1. The minimum absolute atomic E-state index is 0.701. The van der Waals surface area contributed by atoms with Crippen molar-refractivity contribution in [3.05, 3.63) is 30.7 Å². The summed E-state index contributed by atoms with van der Waals surface area (Å²) in [6.45, 7) is 0. The summed E-state index contributed by atoms with van der Waals surface area (Å²) in [4.78, 5) is 2.98. The molecule has 0 unspecified atom stereocenters. The fraction of sp³-hybridized carbons (Fsp3) is 0. The summed E-state index contributed by atoms with van der Waals surface area (Å²) in [6.07, 6.45) is 3.35. The largest absolute Gasteiger partial charge is 0.363 e. The van der Waals surface area contributed by atoms with Crippen LogP contribution in [-0.4, -0.2) is 10.1 Å². The number of aromatic nitrogens is 2. The van der Waals surface area contributed by atoms with Gasteiger partial charge in [-0.2, -0.15) is 0 Å². The van der Waals surface area contributed by atoms with Crippen LogP contribution in [0.4, 0.5) is 11.6 Å². The number of nitrogens with one attached hydrogen (secondary N) is 2. The van der Waals surface area contributed by atoms with E-state index in [1.165, 1.54) is 6.26 Å². The number of aromatic amines is 1. The Balaban J connectivity index is 2.14. The lowest BCUT2D eigenvalue weighted by Crippen LogP contribution is -1.88. The van der Waals surface area contributed by atoms with Gasteiger partial charge in [-0.3, -0.25) is 0 Å². The molecule has 11 heavy (non-hydrogen) atoms. The number of anilines is 2. The van der Waals surface area contributed by atoms with Crippen molar-refractivity contribution < 1.29 is 4.52 Å². The number of hydrogen-bond donors (Lipinski definition) is 2. The summed E-state index contributed by atoms with van der Waals surface area (Å²) in [5.41, 5.74) is 0. The van der Waals surface area contributed by atoms with Gasteiger partial charge in [0.25, 0.3) is 0 Å². The summed E-state index contributed by atoms with van der Waals surface area (Å²) in [5.74, 6) is 1.60. The smallest absolute Gasteiger partial charge is 0.174 e. The minimum Gasteiger partial charge on any atom is -0.363 e. The van der Waals surface area contributed by atoms with E-state index >= 15 is 0 Å². The van der Waals surface area contributed by atoms with Crippen LogP contribution in [0.5, 0.6) is 0 Å². The fourth-order valence-corrected chi connectivity index (χ4v) is 0.823. The molecule has 2 N–H and O–H groups in total. The van der Waals surface area contributed by atoms with Crippen molar-refractivity contribution in [2.24, 2.45) is 0 Å². The van der Waals surface area contributed by atoms with E-state index in [9.17, 15) is 0 Å². The Morgan fingerprint density at radius 1 is 1.45 bits per heavy atom. The number of H-pyrrole nitrogens is 1. The monoisotopic (exact) mass is 149 g/mol. The Kier molecular flexibility index (Phi) is 1.37. The molecule has 0 fully saturated rings. The lowest BCUT2D eigenvalue weighted by atomic mass is 10.5. The van der Waals surface area contributed by atoms with E-state index in [0.29, 0.717) is 5.82 Å². The van der Waals surface area contributed by atoms with Crippen molar-refractivity contribution in [2.75, 3.05) is 5.32 Å². The molecule has 0 amide bonds. The third-order valence-electron chi connectivity index (χ3n) is 1.30. The molecule has 0 bridgehead atoms. The molecule has 0 aliphatic heterocycles. The summed E-state index contributed by atoms with van der Waals surface area (Å²) >= 11 is 0. The Hall–Kier alpha value is -1.71. The predicted molar refractivity (Wildman–Crippen MR) is 40.6 cm³/mol. The van der Waals surface area contributed by atoms with Crippen LogP contribution in [0.2, 0.25) is 0 Å². The van der Waals surface area contributed by atoms with Gasteiger partial charge in [0.05, 0.1) is 0 Å². The summed E-state index contributed by atoms with van der Waals surface area (Å²) in [7, 11) is 0. The molecule has 0 aliphatic carbocycles. The molecule has 2 heterocycles. The average Bonchev–Trinajstić information content (AvgIpc) is 2.60. The first-order valence-electron chi connectivity index (χ1n) is 3.26. The number of rotatable bonds is 2. The molecule has 2 aromatic heterocycles. The molecule has 4 nitrogen and oxygen atoms in total. The van der Waals surface area contributed by atoms with Gasteiger partial charge in [-0.1, -0.05) is 5.16 Å². The van der Waals surface area contributed by atoms with Crippen LogP contribution in [0.25, 0.3) is 0 Å². The molecule has 0 aromatic carbocycles. The molecule has 2 rings (SSSR count). The van der Waals surface area contributed by atoms with E-state index in [0.717, 1.165) is 5.82 Å². The standard InChI is InChI=1S/C7H7N3O/c1-2-6(8-4-1)9-7-3-5-11-10-7/h1-5,8H,(H,9,10). The highest BCUT2D eigenvalue weighted by Crippen LogP contribution is 2.10. The van der Waals surface area contributed by atoms with Gasteiger partial charge >= 0.3 is 0 Å². The zero-order chi connectivity index (χ0) is 7.52. The predicted octanol–water partition coefficient (Wildman–Crippen LogP) is 1.75. The SMILES string of the molecule is c1c[nH]c(Nc2ccon2)c1. The summed E-state index contributed by atoms with van der Waals surface area (Å²) in [6, 6.07) is 5.57. The first-order chi connectivity index (χ1) is 5.45. The maximum Gasteiger partial charge on any atom is 0.174 e. The van der Waals surface area contributed by atoms with Gasteiger partial charge in [-0.05, 0) is 12.1 Å². The molecular formula is C7H7N3O. The third-order valence-corrected chi connectivity index (χ3v) is 1.30. The van der Waals surface area contributed by atoms with Gasteiger partial charge in [0, 0.05) is 12.3 Å². The zero-order valence-corrected chi connectivity index (χ0v) is 5.74. The second-order valence-electron chi connectivity index (χ2n) is 2.09. The second kappa shape index (κ2) is 2.49. The lowest BCUT2D eigenvalue weighted by molar-refractivity contribution is 0.423. The molecule has 0 saturated carbocycles. The molecule has 0 spiro atoms. The molecule has 0 radical (unpaired) electrons. The Bertz CT molecular complexity index is 266. The van der Waals surface area contributed by atoms with Gasteiger partial charge in [-0.15, -0.1) is 0 Å². The first kappa shape index (κ1) is 6.03. The van der Waals surface area contributed by atoms with Crippen LogP contribution in [0.3, 0.4) is 0 Å². The molecule has 0 saturated heterocycles. The van der Waals surface area contributed by atoms with Gasteiger partial charge in [0.1, 0.15) is 12.1 Å². The molecule has 0 atom stereocenters. The maximum atomic E-state index is 4.64.